The number of benzene rings is 1. The molecule has 14 nitrogen and oxygen atoms in total. The van der Waals surface area contributed by atoms with Crippen LogP contribution >= 0.6 is 0 Å². The van der Waals surface area contributed by atoms with Crippen molar-refractivity contribution in [1.82, 2.24) is 15.1 Å². The van der Waals surface area contributed by atoms with E-state index in [1.165, 1.54) is 24.0 Å². The maximum absolute atomic E-state index is 13.9. The Morgan fingerprint density at radius 2 is 1.40 bits per heavy atom. The minimum Gasteiger partial charge on any atom is -0.467 e. The van der Waals surface area contributed by atoms with E-state index in [0.29, 0.717) is 52.9 Å². The predicted octanol–water partition coefficient (Wildman–Crippen LogP) is 3.20. The van der Waals surface area contributed by atoms with Crippen molar-refractivity contribution in [1.29, 1.82) is 0 Å². The van der Waals surface area contributed by atoms with Crippen molar-refractivity contribution in [3.05, 3.63) is 35.9 Å². The number of nitrogens with zero attached hydrogens (tertiary/aromatic N) is 2. The second-order valence-electron chi connectivity index (χ2n) is 14.2. The molecule has 1 N–H and O–H groups in total. The summed E-state index contributed by atoms with van der Waals surface area (Å²) in [6.45, 7) is 16.1. The van der Waals surface area contributed by atoms with E-state index in [2.05, 4.69) is 5.32 Å². The maximum Gasteiger partial charge on any atom is 0.410 e. The molecule has 1 aliphatic rings. The fraction of sp³-hybridized carbons (Fsp3) is 0.722. The van der Waals surface area contributed by atoms with Crippen molar-refractivity contribution in [3.63, 3.8) is 0 Å². The van der Waals surface area contributed by atoms with Crippen LogP contribution < -0.4 is 5.32 Å². The van der Waals surface area contributed by atoms with Gasteiger partial charge in [0.15, 0.2) is 0 Å². The molecule has 1 heterocycles. The highest BCUT2D eigenvalue weighted by atomic mass is 16.6. The molecule has 1 aromatic rings. The zero-order valence-electron chi connectivity index (χ0n) is 31.4. The highest BCUT2D eigenvalue weighted by molar-refractivity contribution is 5.93. The van der Waals surface area contributed by atoms with Crippen molar-refractivity contribution in [2.24, 2.45) is 5.41 Å². The van der Waals surface area contributed by atoms with Gasteiger partial charge in [-0.2, -0.15) is 0 Å². The number of methoxy groups -OCH3 is 1. The molecule has 2 rings (SSSR count). The summed E-state index contributed by atoms with van der Waals surface area (Å²) in [6, 6.07) is 7.15. The quantitative estimate of drug-likeness (QED) is 0.157. The summed E-state index contributed by atoms with van der Waals surface area (Å²) in [5.41, 5.74) is -0.342. The van der Waals surface area contributed by atoms with E-state index in [4.69, 9.17) is 33.2 Å². The first-order valence-electron chi connectivity index (χ1n) is 17.2. The van der Waals surface area contributed by atoms with Gasteiger partial charge in [0, 0.05) is 20.0 Å². The van der Waals surface area contributed by atoms with Crippen LogP contribution in [0.4, 0.5) is 4.79 Å². The van der Waals surface area contributed by atoms with E-state index in [-0.39, 0.29) is 19.6 Å². The molecule has 0 aromatic heterocycles. The minimum absolute atomic E-state index is 0.134. The third-order valence-corrected chi connectivity index (χ3v) is 7.87. The van der Waals surface area contributed by atoms with E-state index in [0.717, 1.165) is 5.56 Å². The van der Waals surface area contributed by atoms with E-state index in [1.54, 1.807) is 27.7 Å². The summed E-state index contributed by atoms with van der Waals surface area (Å²) in [5, 5.41) is 2.81. The summed E-state index contributed by atoms with van der Waals surface area (Å²) in [4.78, 5) is 55.1. The summed E-state index contributed by atoms with van der Waals surface area (Å²) < 4.78 is 38.6. The molecule has 1 saturated heterocycles. The van der Waals surface area contributed by atoms with Crippen molar-refractivity contribution in [3.8, 4) is 0 Å². The summed E-state index contributed by atoms with van der Waals surface area (Å²) in [6.07, 6.45) is -0.867. The maximum atomic E-state index is 13.9. The predicted molar refractivity (Wildman–Crippen MR) is 185 cm³/mol. The third-order valence-electron chi connectivity index (χ3n) is 7.87. The zero-order valence-corrected chi connectivity index (χ0v) is 31.4. The molecule has 4 atom stereocenters. The molecule has 0 bridgehead atoms. The molecule has 1 fully saturated rings. The van der Waals surface area contributed by atoms with Crippen LogP contribution in [0.3, 0.4) is 0 Å². The Bertz CT molecular complexity index is 1190. The molecule has 0 radical (unpaired) electrons. The summed E-state index contributed by atoms with van der Waals surface area (Å²) in [5.74, 6) is -1.55. The highest BCUT2D eigenvalue weighted by Crippen LogP contribution is 2.28. The van der Waals surface area contributed by atoms with Gasteiger partial charge in [0.25, 0.3) is 0 Å². The van der Waals surface area contributed by atoms with Crippen LogP contribution in [0.25, 0.3) is 0 Å². The van der Waals surface area contributed by atoms with Crippen LogP contribution in [0.5, 0.6) is 0 Å². The van der Waals surface area contributed by atoms with Gasteiger partial charge in [-0.15, -0.1) is 0 Å². The second-order valence-corrected chi connectivity index (χ2v) is 14.2. The molecule has 0 saturated carbocycles. The topological polar surface area (TPSA) is 151 Å². The molecule has 1 aliphatic heterocycles. The molecule has 3 amide bonds. The lowest BCUT2D eigenvalue weighted by Gasteiger charge is -2.36. The van der Waals surface area contributed by atoms with Crippen molar-refractivity contribution in [2.75, 3.05) is 73.6 Å². The number of likely N-dealkylation sites (N-methyl/N-ethyl adjacent to an activating group) is 1. The Labute approximate surface area is 297 Å². The highest BCUT2D eigenvalue weighted by Gasteiger charge is 2.46. The number of esters is 1. The molecular formula is C36H59N3O11. The van der Waals surface area contributed by atoms with Crippen molar-refractivity contribution >= 4 is 23.9 Å². The first kappa shape index (κ1) is 42.9. The first-order valence-corrected chi connectivity index (χ1v) is 17.2. The lowest BCUT2D eigenvalue weighted by atomic mass is 9.85. The van der Waals surface area contributed by atoms with Gasteiger partial charge in [0.05, 0.1) is 72.7 Å². The lowest BCUT2D eigenvalue weighted by molar-refractivity contribution is -0.153. The van der Waals surface area contributed by atoms with Crippen LogP contribution in [-0.2, 0) is 54.1 Å². The molecule has 1 aromatic carbocycles. The zero-order chi connectivity index (χ0) is 37.3. The molecule has 0 spiro atoms. The molecule has 0 unspecified atom stereocenters. The number of ether oxygens (including phenoxy) is 7. The number of hydrogen-bond donors (Lipinski definition) is 1. The van der Waals surface area contributed by atoms with Crippen molar-refractivity contribution < 1.29 is 52.3 Å². The molecule has 14 heteroatoms. The standard InChI is InChI=1S/C36H59N3O11/c1-26(38(8)34(43)50-36(5,6)7)31(40)37-30(35(2,3)4)32(41)39-24-28(23-29(39)33(42)44-9)49-22-21-47-18-17-45-15-16-46-19-20-48-25-27-13-11-10-12-14-27/h10-14,26,28-30H,15-25H2,1-9H3,(H,37,40)/t26-,28-,29-,30+/m0/s1. The van der Waals surface area contributed by atoms with E-state index in [9.17, 15) is 19.2 Å². The molecule has 50 heavy (non-hydrogen) atoms. The van der Waals surface area contributed by atoms with Gasteiger partial charge in [-0.05, 0) is 38.7 Å². The fourth-order valence-corrected chi connectivity index (χ4v) is 4.96. The number of amides is 3. The Hall–Kier alpha value is -3.30. The average molecular weight is 710 g/mol. The Kier molecular flexibility index (Phi) is 18.1. The van der Waals surface area contributed by atoms with Gasteiger partial charge < -0.3 is 43.4 Å². The fourth-order valence-electron chi connectivity index (χ4n) is 4.96. The smallest absolute Gasteiger partial charge is 0.410 e. The van der Waals surface area contributed by atoms with Gasteiger partial charge in [-0.1, -0.05) is 51.1 Å². The summed E-state index contributed by atoms with van der Waals surface area (Å²) in [7, 11) is 2.72. The number of carbonyl (C=O) groups excluding carboxylic acids is 4. The Morgan fingerprint density at radius 3 is 1.92 bits per heavy atom. The number of nitrogens with one attached hydrogen (secondary N) is 1. The normalized spacial score (nSPS) is 17.6. The van der Waals surface area contributed by atoms with Gasteiger partial charge in [-0.25, -0.2) is 9.59 Å². The monoisotopic (exact) mass is 709 g/mol. The Balaban J connectivity index is 1.75. The largest absolute Gasteiger partial charge is 0.467 e. The van der Waals surface area contributed by atoms with Crippen LogP contribution in [0.1, 0.15) is 60.5 Å². The van der Waals surface area contributed by atoms with Crippen molar-refractivity contribution in [2.45, 2.75) is 91.3 Å². The van der Waals surface area contributed by atoms with E-state index in [1.807, 2.05) is 51.1 Å². The lowest BCUT2D eigenvalue weighted by Crippen LogP contribution is -2.59. The minimum atomic E-state index is -1.00. The van der Waals surface area contributed by atoms with Gasteiger partial charge in [0.1, 0.15) is 23.7 Å². The van der Waals surface area contributed by atoms with Crippen LogP contribution in [0, 0.1) is 5.41 Å². The van der Waals surface area contributed by atoms with E-state index < -0.39 is 59.1 Å². The summed E-state index contributed by atoms with van der Waals surface area (Å²) >= 11 is 0. The number of likely N-dealkylation sites (tertiary alicyclic amines) is 1. The molecular weight excluding hydrogens is 650 g/mol. The SMILES string of the molecule is COC(=O)[C@@H]1C[C@H](OCCOCCOCCOCCOCc2ccccc2)CN1C(=O)[C@@H](NC(=O)[C@H](C)N(C)C(=O)OC(C)(C)C)C(C)(C)C. The van der Waals surface area contributed by atoms with Gasteiger partial charge in [0.2, 0.25) is 11.8 Å². The van der Waals surface area contributed by atoms with Crippen LogP contribution in [0.15, 0.2) is 30.3 Å². The first-order chi connectivity index (χ1) is 23.5. The van der Waals surface area contributed by atoms with Crippen LogP contribution in [-0.4, -0.2) is 137 Å². The molecule has 0 aliphatic carbocycles. The number of rotatable bonds is 20. The molecule has 284 valence electrons. The van der Waals surface area contributed by atoms with Gasteiger partial charge >= 0.3 is 12.1 Å². The Morgan fingerprint density at radius 1 is 0.860 bits per heavy atom. The van der Waals surface area contributed by atoms with E-state index >= 15 is 0 Å². The average Bonchev–Trinajstić information content (AvgIpc) is 3.49. The number of carbonyl (C=O) groups is 4. The van der Waals surface area contributed by atoms with Gasteiger partial charge in [-0.3, -0.25) is 14.5 Å². The second kappa shape index (κ2) is 21.2. The number of hydrogen-bond acceptors (Lipinski definition) is 11. The third kappa shape index (κ3) is 15.3. The van der Waals surface area contributed by atoms with Crippen LogP contribution in [0.2, 0.25) is 0 Å².